The van der Waals surface area contributed by atoms with E-state index in [-0.39, 0.29) is 18.8 Å². The highest BCUT2D eigenvalue weighted by Crippen LogP contribution is 2.27. The average molecular weight is 339 g/mol. The summed E-state index contributed by atoms with van der Waals surface area (Å²) in [5, 5.41) is 0. The molecule has 0 aromatic heterocycles. The molecule has 0 aliphatic rings. The first kappa shape index (κ1) is 16.0. The molecule has 2 N–H and O–H groups in total. The molecule has 0 saturated heterocycles. The zero-order valence-corrected chi connectivity index (χ0v) is 11.9. The largest absolute Gasteiger partial charge is 0.471 e. The fraction of sp³-hybridized carbons (Fsp3) is 0.417. The molecular formula is C12H14BrF3N2O. The van der Waals surface area contributed by atoms with Crippen LogP contribution in [-0.4, -0.2) is 25.2 Å². The van der Waals surface area contributed by atoms with Crippen molar-refractivity contribution < 1.29 is 18.0 Å². The van der Waals surface area contributed by atoms with E-state index in [1.807, 2.05) is 6.92 Å². The zero-order valence-electron chi connectivity index (χ0n) is 10.3. The molecule has 0 aliphatic heterocycles. The van der Waals surface area contributed by atoms with E-state index in [0.717, 1.165) is 5.56 Å². The second-order valence-corrected chi connectivity index (χ2v) is 4.88. The van der Waals surface area contributed by atoms with Gasteiger partial charge in [-0.2, -0.15) is 13.2 Å². The topological polar surface area (TPSA) is 46.3 Å². The summed E-state index contributed by atoms with van der Waals surface area (Å²) < 4.78 is 38.3. The molecule has 106 valence electrons. The molecule has 0 fully saturated rings. The van der Waals surface area contributed by atoms with E-state index in [1.165, 1.54) is 12.1 Å². The number of halogens is 4. The lowest BCUT2D eigenvalue weighted by atomic mass is 10.2. The van der Waals surface area contributed by atoms with Crippen LogP contribution in [0.1, 0.15) is 12.0 Å². The first-order valence-electron chi connectivity index (χ1n) is 5.62. The Kier molecular flexibility index (Phi) is 5.37. The maximum atomic E-state index is 12.6. The van der Waals surface area contributed by atoms with Gasteiger partial charge >= 0.3 is 12.1 Å². The van der Waals surface area contributed by atoms with Crippen LogP contribution in [0.4, 0.5) is 18.9 Å². The summed E-state index contributed by atoms with van der Waals surface area (Å²) in [5.41, 5.74) is 6.37. The van der Waals surface area contributed by atoms with Crippen LogP contribution in [-0.2, 0) is 4.79 Å². The molecule has 0 heterocycles. The molecule has 1 aromatic rings. The number of aryl methyl sites for hydroxylation is 1. The molecule has 7 heteroatoms. The lowest BCUT2D eigenvalue weighted by molar-refractivity contribution is -0.170. The van der Waals surface area contributed by atoms with Gasteiger partial charge in [0, 0.05) is 16.7 Å². The van der Waals surface area contributed by atoms with Gasteiger partial charge in [-0.15, -0.1) is 0 Å². The summed E-state index contributed by atoms with van der Waals surface area (Å²) in [6.45, 7) is 1.96. The molecule has 1 rings (SSSR count). The first-order valence-corrected chi connectivity index (χ1v) is 6.41. The minimum Gasteiger partial charge on any atom is -0.330 e. The molecule has 1 amide bonds. The van der Waals surface area contributed by atoms with Gasteiger partial charge in [0.2, 0.25) is 0 Å². The SMILES string of the molecule is Cc1ccc(N(CCCN)C(=O)C(F)(F)F)cc1Br. The number of amides is 1. The molecule has 1 aromatic carbocycles. The second-order valence-electron chi connectivity index (χ2n) is 4.03. The summed E-state index contributed by atoms with van der Waals surface area (Å²) in [6.07, 6.45) is -4.60. The molecule has 0 unspecified atom stereocenters. The van der Waals surface area contributed by atoms with Crippen molar-refractivity contribution in [2.75, 3.05) is 18.0 Å². The number of hydrogen-bond donors (Lipinski definition) is 1. The Bertz CT molecular complexity index is 463. The minimum absolute atomic E-state index is 0.0651. The smallest absolute Gasteiger partial charge is 0.330 e. The molecule has 0 aliphatic carbocycles. The van der Waals surface area contributed by atoms with Crippen LogP contribution >= 0.6 is 15.9 Å². The van der Waals surface area contributed by atoms with Crippen molar-refractivity contribution in [3.8, 4) is 0 Å². The van der Waals surface area contributed by atoms with Crippen LogP contribution in [0, 0.1) is 6.92 Å². The lowest BCUT2D eigenvalue weighted by Crippen LogP contribution is -2.42. The third kappa shape index (κ3) is 4.21. The number of nitrogens with zero attached hydrogens (tertiary/aromatic N) is 1. The molecule has 3 nitrogen and oxygen atoms in total. The van der Waals surface area contributed by atoms with Crippen molar-refractivity contribution in [1.29, 1.82) is 0 Å². The van der Waals surface area contributed by atoms with Gasteiger partial charge < -0.3 is 10.6 Å². The minimum atomic E-state index is -4.90. The third-order valence-electron chi connectivity index (χ3n) is 2.54. The molecule has 0 bridgehead atoms. The van der Waals surface area contributed by atoms with E-state index in [4.69, 9.17) is 5.73 Å². The quantitative estimate of drug-likeness (QED) is 0.917. The fourth-order valence-electron chi connectivity index (χ4n) is 1.50. The van der Waals surface area contributed by atoms with Gasteiger partial charge in [-0.1, -0.05) is 22.0 Å². The number of benzene rings is 1. The molecular weight excluding hydrogens is 325 g/mol. The van der Waals surface area contributed by atoms with E-state index in [2.05, 4.69) is 15.9 Å². The van der Waals surface area contributed by atoms with Crippen LogP contribution in [0.15, 0.2) is 22.7 Å². The van der Waals surface area contributed by atoms with Crippen LogP contribution in [0.25, 0.3) is 0 Å². The molecule has 19 heavy (non-hydrogen) atoms. The molecule has 0 radical (unpaired) electrons. The van der Waals surface area contributed by atoms with Gasteiger partial charge in [0.25, 0.3) is 0 Å². The Morgan fingerprint density at radius 2 is 2.05 bits per heavy atom. The summed E-state index contributed by atoms with van der Waals surface area (Å²) in [5.74, 6) is -1.88. The third-order valence-corrected chi connectivity index (χ3v) is 3.39. The van der Waals surface area contributed by atoms with Gasteiger partial charge in [0.15, 0.2) is 0 Å². The Hall–Kier alpha value is -1.08. The van der Waals surface area contributed by atoms with Crippen LogP contribution in [0.5, 0.6) is 0 Å². The van der Waals surface area contributed by atoms with Crippen molar-refractivity contribution in [3.63, 3.8) is 0 Å². The number of nitrogens with two attached hydrogens (primary N) is 1. The van der Waals surface area contributed by atoms with E-state index < -0.39 is 12.1 Å². The van der Waals surface area contributed by atoms with Crippen molar-refractivity contribution >= 4 is 27.5 Å². The Morgan fingerprint density at radius 1 is 1.42 bits per heavy atom. The standard InChI is InChI=1S/C12H14BrF3N2O/c1-8-3-4-9(7-10(8)13)18(6-2-5-17)11(19)12(14,15)16/h3-4,7H,2,5-6,17H2,1H3. The van der Waals surface area contributed by atoms with E-state index in [0.29, 0.717) is 15.8 Å². The Morgan fingerprint density at radius 3 is 2.53 bits per heavy atom. The monoisotopic (exact) mass is 338 g/mol. The Labute approximate surface area is 117 Å². The number of rotatable bonds is 4. The van der Waals surface area contributed by atoms with Gasteiger partial charge in [-0.3, -0.25) is 4.79 Å². The fourth-order valence-corrected chi connectivity index (χ4v) is 1.87. The molecule has 0 saturated carbocycles. The van der Waals surface area contributed by atoms with Crippen molar-refractivity contribution in [2.24, 2.45) is 5.73 Å². The number of hydrogen-bond acceptors (Lipinski definition) is 2. The van der Waals surface area contributed by atoms with Crippen molar-refractivity contribution in [2.45, 2.75) is 19.5 Å². The van der Waals surface area contributed by atoms with Crippen LogP contribution < -0.4 is 10.6 Å². The summed E-state index contributed by atoms with van der Waals surface area (Å²) in [6, 6.07) is 4.63. The maximum absolute atomic E-state index is 12.6. The van der Waals surface area contributed by atoms with E-state index in [9.17, 15) is 18.0 Å². The number of alkyl halides is 3. The highest BCUT2D eigenvalue weighted by molar-refractivity contribution is 9.10. The first-order chi connectivity index (χ1) is 8.77. The van der Waals surface area contributed by atoms with Gasteiger partial charge in [-0.05, 0) is 37.6 Å². The van der Waals surface area contributed by atoms with Crippen molar-refractivity contribution in [1.82, 2.24) is 0 Å². The number of carbonyl (C=O) groups excluding carboxylic acids is 1. The number of anilines is 1. The highest BCUT2D eigenvalue weighted by atomic mass is 79.9. The second kappa shape index (κ2) is 6.38. The predicted octanol–water partition coefficient (Wildman–Crippen LogP) is 3.00. The normalized spacial score (nSPS) is 11.5. The van der Waals surface area contributed by atoms with E-state index in [1.54, 1.807) is 6.07 Å². The zero-order chi connectivity index (χ0) is 14.6. The molecule has 0 atom stereocenters. The Balaban J connectivity index is 3.09. The maximum Gasteiger partial charge on any atom is 0.471 e. The van der Waals surface area contributed by atoms with Gasteiger partial charge in [0.05, 0.1) is 0 Å². The van der Waals surface area contributed by atoms with Crippen LogP contribution in [0.2, 0.25) is 0 Å². The highest BCUT2D eigenvalue weighted by Gasteiger charge is 2.42. The van der Waals surface area contributed by atoms with Crippen molar-refractivity contribution in [3.05, 3.63) is 28.2 Å². The van der Waals surface area contributed by atoms with Gasteiger partial charge in [-0.25, -0.2) is 0 Å². The average Bonchev–Trinajstić information content (AvgIpc) is 2.32. The number of carbonyl (C=O) groups is 1. The van der Waals surface area contributed by atoms with Gasteiger partial charge in [0.1, 0.15) is 0 Å². The molecule has 0 spiro atoms. The summed E-state index contributed by atoms with van der Waals surface area (Å²) >= 11 is 3.24. The van der Waals surface area contributed by atoms with Crippen LogP contribution in [0.3, 0.4) is 0 Å². The van der Waals surface area contributed by atoms with E-state index >= 15 is 0 Å². The summed E-state index contributed by atoms with van der Waals surface area (Å²) in [7, 11) is 0. The lowest BCUT2D eigenvalue weighted by Gasteiger charge is -2.24. The summed E-state index contributed by atoms with van der Waals surface area (Å²) in [4.78, 5) is 12.1. The predicted molar refractivity (Wildman–Crippen MR) is 71.0 cm³/mol.